The van der Waals surface area contributed by atoms with Crippen molar-refractivity contribution in [3.8, 4) is 0 Å². The lowest BCUT2D eigenvalue weighted by molar-refractivity contribution is -0.161. The predicted molar refractivity (Wildman–Crippen MR) is 348 cm³/mol. The smallest absolute Gasteiger partial charge is 0.306 e. The van der Waals surface area contributed by atoms with Crippen LogP contribution in [0.15, 0.2) is 85.1 Å². The zero-order valence-corrected chi connectivity index (χ0v) is 52.6. The minimum atomic E-state index is -0.795. The van der Waals surface area contributed by atoms with Gasteiger partial charge in [-0.25, -0.2) is 0 Å². The van der Waals surface area contributed by atoms with Crippen LogP contribution in [0.25, 0.3) is 0 Å². The highest BCUT2D eigenvalue weighted by Gasteiger charge is 2.16. The first-order valence-corrected chi connectivity index (χ1v) is 34.6. The number of aliphatic hydroxyl groups is 1. The van der Waals surface area contributed by atoms with Gasteiger partial charge in [-0.15, -0.1) is 0 Å². The summed E-state index contributed by atoms with van der Waals surface area (Å²) in [5.74, 6) is -0.620. The van der Waals surface area contributed by atoms with Crippen LogP contribution < -0.4 is 0 Å². The fourth-order valence-electron chi connectivity index (χ4n) is 10.3. The van der Waals surface area contributed by atoms with Gasteiger partial charge in [-0.1, -0.05) is 356 Å². The van der Waals surface area contributed by atoms with Crippen molar-refractivity contribution in [3.63, 3.8) is 0 Å². The van der Waals surface area contributed by atoms with Crippen molar-refractivity contribution in [2.45, 2.75) is 360 Å². The molecule has 5 heteroatoms. The first-order chi connectivity index (χ1) is 39.1. The van der Waals surface area contributed by atoms with E-state index in [4.69, 9.17) is 9.47 Å². The molecular formula is C74H132O5. The van der Waals surface area contributed by atoms with Gasteiger partial charge in [0.2, 0.25) is 0 Å². The number of unbranched alkanes of at least 4 members (excludes halogenated alkanes) is 42. The van der Waals surface area contributed by atoms with Crippen LogP contribution in [-0.4, -0.2) is 36.4 Å². The van der Waals surface area contributed by atoms with Gasteiger partial charge in [-0.05, 0) is 70.6 Å². The van der Waals surface area contributed by atoms with E-state index in [-0.39, 0.29) is 25.2 Å². The molecule has 0 aromatic rings. The molecule has 1 atom stereocenters. The Kier molecular flexibility index (Phi) is 66.8. The molecule has 0 saturated carbocycles. The van der Waals surface area contributed by atoms with Crippen LogP contribution in [0.4, 0.5) is 0 Å². The first-order valence-electron chi connectivity index (χ1n) is 34.6. The molecule has 0 amide bonds. The fourth-order valence-corrected chi connectivity index (χ4v) is 10.3. The van der Waals surface area contributed by atoms with Gasteiger partial charge in [0.15, 0.2) is 6.10 Å². The van der Waals surface area contributed by atoms with Gasteiger partial charge in [-0.3, -0.25) is 9.59 Å². The summed E-state index contributed by atoms with van der Waals surface area (Å²) in [5, 5.41) is 9.68. The van der Waals surface area contributed by atoms with Crippen LogP contribution in [0.1, 0.15) is 354 Å². The van der Waals surface area contributed by atoms with Crippen LogP contribution in [0.2, 0.25) is 0 Å². The lowest BCUT2D eigenvalue weighted by Gasteiger charge is -2.15. The standard InChI is InChI=1S/C74H132O5/c1-3-5-7-9-11-13-15-17-19-21-23-25-27-29-30-31-32-33-34-35-36-37-38-39-40-41-42-43-45-46-48-50-52-54-56-58-60-62-64-66-68-73(76)78-71-72(70-75)79-74(77)69-67-65-63-61-59-57-55-53-51-49-47-44-28-26-24-22-20-18-16-14-12-10-8-6-4-2/h6,8,12,14,18,20,24,26,44,47,51,53,57,59,72,75H,3-5,7,9-11,13,15-17,19,21-23,25,27-43,45-46,48-50,52,54-56,58,60-71H2,1-2H3/b8-6-,14-12-,20-18-,26-24-,47-44-,53-51-,59-57-. The Hall–Kier alpha value is -2.92. The number of aliphatic hydroxyl groups excluding tert-OH is 1. The van der Waals surface area contributed by atoms with Gasteiger partial charge in [0, 0.05) is 12.8 Å². The van der Waals surface area contributed by atoms with Crippen molar-refractivity contribution in [2.75, 3.05) is 13.2 Å². The zero-order valence-electron chi connectivity index (χ0n) is 52.6. The summed E-state index contributed by atoms with van der Waals surface area (Å²) in [4.78, 5) is 24.6. The second-order valence-electron chi connectivity index (χ2n) is 23.2. The molecule has 0 heterocycles. The number of allylic oxidation sites excluding steroid dienone is 14. The van der Waals surface area contributed by atoms with Crippen molar-refractivity contribution in [1.82, 2.24) is 0 Å². The average molecular weight is 1100 g/mol. The van der Waals surface area contributed by atoms with E-state index in [1.165, 1.54) is 238 Å². The van der Waals surface area contributed by atoms with Crippen molar-refractivity contribution < 1.29 is 24.2 Å². The lowest BCUT2D eigenvalue weighted by Crippen LogP contribution is -2.28. The third-order valence-corrected chi connectivity index (χ3v) is 15.5. The Balaban J connectivity index is 3.43. The highest BCUT2D eigenvalue weighted by atomic mass is 16.6. The maximum Gasteiger partial charge on any atom is 0.306 e. The number of esters is 2. The van der Waals surface area contributed by atoms with E-state index in [1.54, 1.807) is 0 Å². The summed E-state index contributed by atoms with van der Waals surface area (Å²) in [6, 6.07) is 0. The van der Waals surface area contributed by atoms with Crippen molar-refractivity contribution >= 4 is 11.9 Å². The number of ether oxygens (including phenoxy) is 2. The number of hydrogen-bond donors (Lipinski definition) is 1. The third-order valence-electron chi connectivity index (χ3n) is 15.5. The zero-order chi connectivity index (χ0) is 56.9. The second-order valence-corrected chi connectivity index (χ2v) is 23.2. The Labute approximate surface area is 492 Å². The maximum absolute atomic E-state index is 12.3. The van der Waals surface area contributed by atoms with Gasteiger partial charge in [-0.2, -0.15) is 0 Å². The molecule has 0 rings (SSSR count). The van der Waals surface area contributed by atoms with Crippen LogP contribution in [0, 0.1) is 0 Å². The highest BCUT2D eigenvalue weighted by molar-refractivity contribution is 5.70. The lowest BCUT2D eigenvalue weighted by atomic mass is 10.0. The van der Waals surface area contributed by atoms with Crippen LogP contribution >= 0.6 is 0 Å². The monoisotopic (exact) mass is 1100 g/mol. The predicted octanol–water partition coefficient (Wildman–Crippen LogP) is 24.0. The van der Waals surface area contributed by atoms with Crippen molar-refractivity contribution in [1.29, 1.82) is 0 Å². The van der Waals surface area contributed by atoms with E-state index in [2.05, 4.69) is 98.9 Å². The Morgan fingerprint density at radius 3 is 0.823 bits per heavy atom. The fraction of sp³-hybridized carbons (Fsp3) is 0.784. The highest BCUT2D eigenvalue weighted by Crippen LogP contribution is 2.19. The summed E-state index contributed by atoms with van der Waals surface area (Å²) in [7, 11) is 0. The first kappa shape index (κ1) is 76.1. The van der Waals surface area contributed by atoms with E-state index >= 15 is 0 Å². The van der Waals surface area contributed by atoms with Gasteiger partial charge < -0.3 is 14.6 Å². The van der Waals surface area contributed by atoms with E-state index < -0.39 is 6.10 Å². The topological polar surface area (TPSA) is 72.8 Å². The minimum absolute atomic E-state index is 0.0810. The van der Waals surface area contributed by atoms with Gasteiger partial charge in [0.25, 0.3) is 0 Å². The number of carbonyl (C=O) groups excluding carboxylic acids is 2. The molecule has 5 nitrogen and oxygen atoms in total. The van der Waals surface area contributed by atoms with E-state index in [0.717, 1.165) is 89.9 Å². The number of carbonyl (C=O) groups is 2. The van der Waals surface area contributed by atoms with Crippen LogP contribution in [-0.2, 0) is 19.1 Å². The number of hydrogen-bond acceptors (Lipinski definition) is 5. The van der Waals surface area contributed by atoms with Crippen LogP contribution in [0.3, 0.4) is 0 Å². The summed E-state index contributed by atoms with van der Waals surface area (Å²) in [6.07, 6.45) is 97.8. The summed E-state index contributed by atoms with van der Waals surface area (Å²) < 4.78 is 10.7. The van der Waals surface area contributed by atoms with E-state index in [0.29, 0.717) is 12.8 Å². The van der Waals surface area contributed by atoms with E-state index in [9.17, 15) is 14.7 Å². The largest absolute Gasteiger partial charge is 0.462 e. The summed E-state index contributed by atoms with van der Waals surface area (Å²) >= 11 is 0. The molecular weight excluding hydrogens is 969 g/mol. The third kappa shape index (κ3) is 67.5. The minimum Gasteiger partial charge on any atom is -0.462 e. The molecule has 0 aliphatic heterocycles. The maximum atomic E-state index is 12.3. The Morgan fingerprint density at radius 2 is 0.544 bits per heavy atom. The van der Waals surface area contributed by atoms with Gasteiger partial charge >= 0.3 is 11.9 Å². The molecule has 458 valence electrons. The molecule has 0 aliphatic rings. The molecule has 0 radical (unpaired) electrons. The molecule has 0 saturated heterocycles. The molecule has 0 spiro atoms. The molecule has 0 aliphatic carbocycles. The molecule has 0 bridgehead atoms. The number of rotatable bonds is 64. The molecule has 0 aromatic carbocycles. The van der Waals surface area contributed by atoms with Crippen molar-refractivity contribution in [3.05, 3.63) is 85.1 Å². The molecule has 79 heavy (non-hydrogen) atoms. The van der Waals surface area contributed by atoms with Crippen LogP contribution in [0.5, 0.6) is 0 Å². The Morgan fingerprint density at radius 1 is 0.304 bits per heavy atom. The summed E-state index contributed by atoms with van der Waals surface area (Å²) in [5.41, 5.74) is 0. The normalized spacial score (nSPS) is 12.7. The summed E-state index contributed by atoms with van der Waals surface area (Å²) in [6.45, 7) is 4.04. The van der Waals surface area contributed by atoms with Gasteiger partial charge in [0.1, 0.15) is 6.61 Å². The Bertz CT molecular complexity index is 1430. The average Bonchev–Trinajstić information content (AvgIpc) is 3.45. The molecule has 0 fully saturated rings. The quantitative estimate of drug-likeness (QED) is 0.0373. The molecule has 1 unspecified atom stereocenters. The van der Waals surface area contributed by atoms with Crippen molar-refractivity contribution in [2.24, 2.45) is 0 Å². The molecule has 0 aromatic heterocycles. The molecule has 1 N–H and O–H groups in total. The van der Waals surface area contributed by atoms with E-state index in [1.807, 2.05) is 0 Å². The SMILES string of the molecule is CC/C=C\C/C=C\C/C=C\C/C=C\C/C=C\C/C=C\C/C=C\CCCCCC(=O)OC(CO)COC(=O)CCCCCCCCCCCCCCCCCCCCCCCCCCCCCCCCCCCCCCCCCC. The second kappa shape index (κ2) is 69.3. The van der Waals surface area contributed by atoms with Gasteiger partial charge in [0.05, 0.1) is 6.61 Å².